The zero-order chi connectivity index (χ0) is 15.4. The van der Waals surface area contributed by atoms with E-state index in [0.717, 1.165) is 57.7 Å². The molecule has 3 nitrogen and oxygen atoms in total. The summed E-state index contributed by atoms with van der Waals surface area (Å²) >= 11 is 8.03. The van der Waals surface area contributed by atoms with E-state index >= 15 is 0 Å². The zero-order valence-electron chi connectivity index (χ0n) is 13.1. The first-order valence-corrected chi connectivity index (χ1v) is 8.77. The standard InChI is InChI=1S/C16H23ClN2OS/c1-5-7-8-20-14-11(10(3)4)9-12(17)15-13(14)19-16(21-15)18-6-2/h9-10H,5-8H2,1-4H3,(H,18,19). The van der Waals surface area contributed by atoms with Gasteiger partial charge in [0, 0.05) is 12.1 Å². The molecule has 2 aromatic rings. The van der Waals surface area contributed by atoms with Gasteiger partial charge in [0.25, 0.3) is 0 Å². The van der Waals surface area contributed by atoms with E-state index in [2.05, 4.69) is 38.0 Å². The second-order valence-electron chi connectivity index (χ2n) is 5.36. The quantitative estimate of drug-likeness (QED) is 0.664. The summed E-state index contributed by atoms with van der Waals surface area (Å²) in [5, 5.41) is 4.92. The van der Waals surface area contributed by atoms with E-state index in [1.807, 2.05) is 6.07 Å². The van der Waals surface area contributed by atoms with Crippen LogP contribution in [0.2, 0.25) is 5.02 Å². The van der Waals surface area contributed by atoms with Gasteiger partial charge in [0.15, 0.2) is 5.13 Å². The number of unbranched alkanes of at least 4 members (excludes halogenated alkanes) is 1. The molecule has 0 bridgehead atoms. The van der Waals surface area contributed by atoms with Crippen molar-refractivity contribution in [2.75, 3.05) is 18.5 Å². The Labute approximate surface area is 135 Å². The molecule has 5 heteroatoms. The van der Waals surface area contributed by atoms with Crippen LogP contribution in [0.25, 0.3) is 10.2 Å². The third kappa shape index (κ3) is 3.61. The van der Waals surface area contributed by atoms with Crippen LogP contribution >= 0.6 is 22.9 Å². The molecule has 1 N–H and O–H groups in total. The molecule has 0 aliphatic heterocycles. The second kappa shape index (κ2) is 7.32. The first-order valence-electron chi connectivity index (χ1n) is 7.58. The van der Waals surface area contributed by atoms with Gasteiger partial charge in [0.1, 0.15) is 11.3 Å². The molecule has 0 fully saturated rings. The number of anilines is 1. The number of hydrogen-bond donors (Lipinski definition) is 1. The molecule has 116 valence electrons. The molecule has 0 spiro atoms. The van der Waals surface area contributed by atoms with Crippen LogP contribution in [0.15, 0.2) is 6.07 Å². The van der Waals surface area contributed by atoms with Crippen molar-refractivity contribution in [1.29, 1.82) is 0 Å². The number of benzene rings is 1. The molecule has 0 aliphatic rings. The molecule has 0 saturated carbocycles. The van der Waals surface area contributed by atoms with Gasteiger partial charge in [-0.1, -0.05) is 50.1 Å². The van der Waals surface area contributed by atoms with Crippen LogP contribution in [0.5, 0.6) is 5.75 Å². The van der Waals surface area contributed by atoms with Crippen LogP contribution in [0, 0.1) is 0 Å². The van der Waals surface area contributed by atoms with Crippen molar-refractivity contribution in [2.45, 2.75) is 46.5 Å². The largest absolute Gasteiger partial charge is 0.491 e. The van der Waals surface area contributed by atoms with Crippen molar-refractivity contribution in [3.05, 3.63) is 16.7 Å². The normalized spacial score (nSPS) is 11.3. The summed E-state index contributed by atoms with van der Waals surface area (Å²) in [6, 6.07) is 2.03. The Balaban J connectivity index is 2.52. The van der Waals surface area contributed by atoms with E-state index in [1.165, 1.54) is 0 Å². The van der Waals surface area contributed by atoms with Crippen molar-refractivity contribution in [1.82, 2.24) is 4.98 Å². The molecule has 0 aliphatic carbocycles. The highest BCUT2D eigenvalue weighted by molar-refractivity contribution is 7.22. The minimum atomic E-state index is 0.354. The van der Waals surface area contributed by atoms with Crippen LogP contribution in [-0.4, -0.2) is 18.1 Å². The molecule has 0 saturated heterocycles. The van der Waals surface area contributed by atoms with E-state index in [9.17, 15) is 0 Å². The molecule has 1 aromatic carbocycles. The number of fused-ring (bicyclic) bond motifs is 1. The van der Waals surface area contributed by atoms with Gasteiger partial charge in [-0.25, -0.2) is 4.98 Å². The summed E-state index contributed by atoms with van der Waals surface area (Å²) in [4.78, 5) is 4.68. The van der Waals surface area contributed by atoms with E-state index in [0.29, 0.717) is 5.92 Å². The lowest BCUT2D eigenvalue weighted by molar-refractivity contribution is 0.308. The Morgan fingerprint density at radius 1 is 1.38 bits per heavy atom. The van der Waals surface area contributed by atoms with Gasteiger partial charge in [-0.15, -0.1) is 0 Å². The zero-order valence-corrected chi connectivity index (χ0v) is 14.7. The van der Waals surface area contributed by atoms with Gasteiger partial charge in [0.2, 0.25) is 0 Å². The topological polar surface area (TPSA) is 34.1 Å². The lowest BCUT2D eigenvalue weighted by atomic mass is 10.0. The van der Waals surface area contributed by atoms with Gasteiger partial charge in [0.05, 0.1) is 16.3 Å². The van der Waals surface area contributed by atoms with Gasteiger partial charge in [-0.05, 0) is 25.3 Å². The Bertz CT molecular complexity index is 610. The molecular formula is C16H23ClN2OS. The van der Waals surface area contributed by atoms with Crippen molar-refractivity contribution >= 4 is 38.3 Å². The van der Waals surface area contributed by atoms with Crippen LogP contribution in [-0.2, 0) is 0 Å². The fraction of sp³-hybridized carbons (Fsp3) is 0.562. The van der Waals surface area contributed by atoms with Crippen molar-refractivity contribution < 1.29 is 4.74 Å². The maximum absolute atomic E-state index is 6.44. The van der Waals surface area contributed by atoms with Crippen LogP contribution in [0.4, 0.5) is 5.13 Å². The second-order valence-corrected chi connectivity index (χ2v) is 6.77. The average molecular weight is 327 g/mol. The number of rotatable bonds is 7. The van der Waals surface area contributed by atoms with Crippen LogP contribution in [0.3, 0.4) is 0 Å². The third-order valence-corrected chi connectivity index (χ3v) is 4.75. The van der Waals surface area contributed by atoms with Gasteiger partial charge in [-0.3, -0.25) is 0 Å². The van der Waals surface area contributed by atoms with Gasteiger partial charge < -0.3 is 10.1 Å². The number of nitrogens with zero attached hydrogens (tertiary/aromatic N) is 1. The van der Waals surface area contributed by atoms with Crippen LogP contribution in [0.1, 0.15) is 52.0 Å². The SMILES string of the molecule is CCCCOc1c(C(C)C)cc(Cl)c2sc(NCC)nc12. The van der Waals surface area contributed by atoms with E-state index in [4.69, 9.17) is 16.3 Å². The Kier molecular flexibility index (Phi) is 5.71. The molecule has 0 radical (unpaired) electrons. The summed E-state index contributed by atoms with van der Waals surface area (Å²) in [6.45, 7) is 10.1. The van der Waals surface area contributed by atoms with Crippen molar-refractivity contribution in [2.24, 2.45) is 0 Å². The Hall–Kier alpha value is -1.00. The summed E-state index contributed by atoms with van der Waals surface area (Å²) in [5.74, 6) is 1.26. The highest BCUT2D eigenvalue weighted by Gasteiger charge is 2.19. The first kappa shape index (κ1) is 16.4. The maximum Gasteiger partial charge on any atom is 0.183 e. The fourth-order valence-corrected chi connectivity index (χ4v) is 3.43. The summed E-state index contributed by atoms with van der Waals surface area (Å²) in [5.41, 5.74) is 2.03. The van der Waals surface area contributed by atoms with Crippen molar-refractivity contribution in [3.8, 4) is 5.75 Å². The molecular weight excluding hydrogens is 304 g/mol. The number of nitrogens with one attached hydrogen (secondary N) is 1. The Morgan fingerprint density at radius 3 is 2.76 bits per heavy atom. The summed E-state index contributed by atoms with van der Waals surface area (Å²) < 4.78 is 7.06. The number of hydrogen-bond acceptors (Lipinski definition) is 4. The smallest absolute Gasteiger partial charge is 0.183 e. The molecule has 2 rings (SSSR count). The predicted molar refractivity (Wildman–Crippen MR) is 93.3 cm³/mol. The lowest BCUT2D eigenvalue weighted by Crippen LogP contribution is -2.02. The predicted octanol–water partition coefficient (Wildman–Crippen LogP) is 5.68. The van der Waals surface area contributed by atoms with Crippen molar-refractivity contribution in [3.63, 3.8) is 0 Å². The number of halogens is 1. The Morgan fingerprint density at radius 2 is 2.14 bits per heavy atom. The van der Waals surface area contributed by atoms with Crippen LogP contribution < -0.4 is 10.1 Å². The minimum Gasteiger partial charge on any atom is -0.491 e. The maximum atomic E-state index is 6.44. The molecule has 1 heterocycles. The third-order valence-electron chi connectivity index (χ3n) is 3.30. The molecule has 0 unspecified atom stereocenters. The fourth-order valence-electron chi connectivity index (χ4n) is 2.17. The van der Waals surface area contributed by atoms with Gasteiger partial charge in [-0.2, -0.15) is 0 Å². The summed E-state index contributed by atoms with van der Waals surface area (Å²) in [7, 11) is 0. The average Bonchev–Trinajstić information content (AvgIpc) is 2.86. The number of aromatic nitrogens is 1. The number of thiazole rings is 1. The molecule has 1 aromatic heterocycles. The molecule has 21 heavy (non-hydrogen) atoms. The summed E-state index contributed by atoms with van der Waals surface area (Å²) in [6.07, 6.45) is 2.17. The number of ether oxygens (including phenoxy) is 1. The van der Waals surface area contributed by atoms with Gasteiger partial charge >= 0.3 is 0 Å². The first-order chi connectivity index (χ1) is 10.1. The monoisotopic (exact) mass is 326 g/mol. The van der Waals surface area contributed by atoms with E-state index < -0.39 is 0 Å². The lowest BCUT2D eigenvalue weighted by Gasteiger charge is -2.15. The minimum absolute atomic E-state index is 0.354. The highest BCUT2D eigenvalue weighted by Crippen LogP contribution is 2.42. The molecule has 0 atom stereocenters. The van der Waals surface area contributed by atoms with E-state index in [-0.39, 0.29) is 0 Å². The highest BCUT2D eigenvalue weighted by atomic mass is 35.5. The molecule has 0 amide bonds. The van der Waals surface area contributed by atoms with E-state index in [1.54, 1.807) is 11.3 Å².